The largest absolute Gasteiger partial charge is 0.383 e. The second-order valence-electron chi connectivity index (χ2n) is 6.74. The van der Waals surface area contributed by atoms with E-state index in [1.54, 1.807) is 7.11 Å². The predicted molar refractivity (Wildman–Crippen MR) is 101 cm³/mol. The van der Waals surface area contributed by atoms with Gasteiger partial charge < -0.3 is 15.4 Å². The number of para-hydroxylation sites is 1. The molecule has 1 unspecified atom stereocenters. The van der Waals surface area contributed by atoms with Crippen LogP contribution in [0, 0.1) is 0 Å². The summed E-state index contributed by atoms with van der Waals surface area (Å²) >= 11 is 0. The summed E-state index contributed by atoms with van der Waals surface area (Å²) in [5.41, 5.74) is 1.43. The Morgan fingerprint density at radius 2 is 2.23 bits per heavy atom. The topological polar surface area (TPSA) is 82.3 Å². The van der Waals surface area contributed by atoms with Gasteiger partial charge in [0.25, 0.3) is 0 Å². The van der Waals surface area contributed by atoms with Gasteiger partial charge in [-0.1, -0.05) is 18.2 Å². The highest BCUT2D eigenvalue weighted by Gasteiger charge is 2.42. The Balaban J connectivity index is 1.76. The summed E-state index contributed by atoms with van der Waals surface area (Å²) < 4.78 is 5.07. The number of H-pyrrole nitrogens is 1. The fourth-order valence-corrected chi connectivity index (χ4v) is 3.48. The minimum Gasteiger partial charge on any atom is -0.383 e. The van der Waals surface area contributed by atoms with Crippen molar-refractivity contribution in [2.45, 2.75) is 24.9 Å². The van der Waals surface area contributed by atoms with Gasteiger partial charge in [0.1, 0.15) is 5.54 Å². The van der Waals surface area contributed by atoms with E-state index in [1.807, 2.05) is 42.7 Å². The third-order valence-corrected chi connectivity index (χ3v) is 4.72. The van der Waals surface area contributed by atoms with Crippen LogP contribution in [0.2, 0.25) is 0 Å². The van der Waals surface area contributed by atoms with Crippen molar-refractivity contribution < 1.29 is 9.53 Å². The van der Waals surface area contributed by atoms with Crippen LogP contribution < -0.4 is 10.6 Å². The number of hydrogen-bond acceptors (Lipinski definition) is 5. The number of carbonyl (C=O) groups is 1. The molecule has 3 rings (SSSR count). The minimum atomic E-state index is -0.656. The monoisotopic (exact) mass is 357 g/mol. The smallest absolute Gasteiger partial charge is 0.247 e. The van der Waals surface area contributed by atoms with Crippen molar-refractivity contribution in [3.8, 4) is 0 Å². The lowest BCUT2D eigenvalue weighted by molar-refractivity contribution is -0.127. The van der Waals surface area contributed by atoms with E-state index >= 15 is 0 Å². The number of ether oxygens (including phenoxy) is 1. The molecule has 7 heteroatoms. The zero-order valence-electron chi connectivity index (χ0n) is 15.2. The SMILES string of the molecule is COCCNC(=O)C1(Nc2ccccc2)CCCN(Cc2cn[nH]c2)C1. The van der Waals surface area contributed by atoms with Crippen LogP contribution in [-0.2, 0) is 16.1 Å². The maximum Gasteiger partial charge on any atom is 0.247 e. The van der Waals surface area contributed by atoms with Crippen LogP contribution >= 0.6 is 0 Å². The van der Waals surface area contributed by atoms with Gasteiger partial charge in [0.05, 0.1) is 12.8 Å². The fraction of sp³-hybridized carbons (Fsp3) is 0.474. The summed E-state index contributed by atoms with van der Waals surface area (Å²) in [5, 5.41) is 13.4. The second kappa shape index (κ2) is 8.82. The Hall–Kier alpha value is -2.38. The van der Waals surface area contributed by atoms with E-state index in [2.05, 4.69) is 25.7 Å². The van der Waals surface area contributed by atoms with Crippen molar-refractivity contribution in [1.82, 2.24) is 20.4 Å². The van der Waals surface area contributed by atoms with E-state index in [4.69, 9.17) is 4.74 Å². The van der Waals surface area contributed by atoms with Crippen LogP contribution in [0.4, 0.5) is 5.69 Å². The Labute approximate surface area is 154 Å². The molecule has 140 valence electrons. The summed E-state index contributed by atoms with van der Waals surface area (Å²) in [5.74, 6) is 0.0234. The van der Waals surface area contributed by atoms with Gasteiger partial charge in [-0.2, -0.15) is 5.10 Å². The first kappa shape index (κ1) is 18.4. The Morgan fingerprint density at radius 1 is 1.38 bits per heavy atom. The van der Waals surface area contributed by atoms with E-state index in [0.717, 1.165) is 37.2 Å². The molecule has 2 aromatic rings. The van der Waals surface area contributed by atoms with Crippen molar-refractivity contribution in [3.63, 3.8) is 0 Å². The van der Waals surface area contributed by atoms with Crippen molar-refractivity contribution in [3.05, 3.63) is 48.3 Å². The molecular formula is C19H27N5O2. The predicted octanol–water partition coefficient (Wildman–Crippen LogP) is 1.62. The van der Waals surface area contributed by atoms with Gasteiger partial charge in [0, 0.05) is 44.2 Å². The number of methoxy groups -OCH3 is 1. The molecule has 0 radical (unpaired) electrons. The number of benzene rings is 1. The highest BCUT2D eigenvalue weighted by Crippen LogP contribution is 2.27. The van der Waals surface area contributed by atoms with Crippen LogP contribution in [0.3, 0.4) is 0 Å². The molecule has 0 aliphatic carbocycles. The van der Waals surface area contributed by atoms with Gasteiger partial charge in [-0.25, -0.2) is 0 Å². The number of aromatic nitrogens is 2. The normalized spacial score (nSPS) is 20.7. The third kappa shape index (κ3) is 4.62. The average molecular weight is 357 g/mol. The summed E-state index contributed by atoms with van der Waals surface area (Å²) in [6.07, 6.45) is 5.48. The second-order valence-corrected chi connectivity index (χ2v) is 6.74. The van der Waals surface area contributed by atoms with Crippen LogP contribution in [0.1, 0.15) is 18.4 Å². The van der Waals surface area contributed by atoms with Crippen LogP contribution in [-0.4, -0.2) is 59.9 Å². The molecule has 0 saturated carbocycles. The van der Waals surface area contributed by atoms with Gasteiger partial charge in [-0.05, 0) is 31.5 Å². The van der Waals surface area contributed by atoms with Gasteiger partial charge in [-0.3, -0.25) is 14.8 Å². The number of rotatable bonds is 8. The summed E-state index contributed by atoms with van der Waals surface area (Å²) in [4.78, 5) is 15.4. The first-order valence-corrected chi connectivity index (χ1v) is 9.02. The van der Waals surface area contributed by atoms with Gasteiger partial charge in [-0.15, -0.1) is 0 Å². The number of nitrogens with one attached hydrogen (secondary N) is 3. The summed E-state index contributed by atoms with van der Waals surface area (Å²) in [6, 6.07) is 9.93. The Kier molecular flexibility index (Phi) is 6.25. The van der Waals surface area contributed by atoms with Gasteiger partial charge >= 0.3 is 0 Å². The molecular weight excluding hydrogens is 330 g/mol. The molecule has 7 nitrogen and oxygen atoms in total. The number of amides is 1. The maximum atomic E-state index is 13.1. The van der Waals surface area contributed by atoms with Crippen LogP contribution in [0.25, 0.3) is 0 Å². The van der Waals surface area contributed by atoms with Crippen LogP contribution in [0.15, 0.2) is 42.7 Å². The number of anilines is 1. The number of nitrogens with zero attached hydrogens (tertiary/aromatic N) is 2. The quantitative estimate of drug-likeness (QED) is 0.626. The Bertz CT molecular complexity index is 677. The fourth-order valence-electron chi connectivity index (χ4n) is 3.48. The van der Waals surface area contributed by atoms with Crippen molar-refractivity contribution in [2.24, 2.45) is 0 Å². The van der Waals surface area contributed by atoms with E-state index in [1.165, 1.54) is 0 Å². The average Bonchev–Trinajstić information content (AvgIpc) is 3.16. The number of carbonyl (C=O) groups excluding carboxylic acids is 1. The lowest BCUT2D eigenvalue weighted by Crippen LogP contribution is -2.61. The lowest BCUT2D eigenvalue weighted by Gasteiger charge is -2.42. The lowest BCUT2D eigenvalue weighted by atomic mass is 9.87. The van der Waals surface area contributed by atoms with Crippen molar-refractivity contribution in [2.75, 3.05) is 38.7 Å². The summed E-state index contributed by atoms with van der Waals surface area (Å²) in [7, 11) is 1.64. The van der Waals surface area contributed by atoms with E-state index < -0.39 is 5.54 Å². The molecule has 0 bridgehead atoms. The number of piperidine rings is 1. The molecule has 1 aromatic heterocycles. The zero-order valence-corrected chi connectivity index (χ0v) is 15.2. The zero-order chi connectivity index (χ0) is 18.2. The van der Waals surface area contributed by atoms with E-state index in [0.29, 0.717) is 19.7 Å². The van der Waals surface area contributed by atoms with Crippen LogP contribution in [0.5, 0.6) is 0 Å². The van der Waals surface area contributed by atoms with E-state index in [-0.39, 0.29) is 5.91 Å². The number of likely N-dealkylation sites (tertiary alicyclic amines) is 1. The molecule has 3 N–H and O–H groups in total. The molecule has 1 aliphatic rings. The number of hydrogen-bond donors (Lipinski definition) is 3. The minimum absolute atomic E-state index is 0.0234. The van der Waals surface area contributed by atoms with E-state index in [9.17, 15) is 4.79 Å². The molecule has 1 atom stereocenters. The first-order valence-electron chi connectivity index (χ1n) is 9.02. The van der Waals surface area contributed by atoms with Crippen molar-refractivity contribution in [1.29, 1.82) is 0 Å². The molecule has 2 heterocycles. The first-order chi connectivity index (χ1) is 12.7. The molecule has 1 saturated heterocycles. The highest BCUT2D eigenvalue weighted by atomic mass is 16.5. The number of aromatic amines is 1. The molecule has 1 fully saturated rings. The summed E-state index contributed by atoms with van der Waals surface area (Å²) in [6.45, 7) is 3.40. The highest BCUT2D eigenvalue weighted by molar-refractivity contribution is 5.90. The van der Waals surface area contributed by atoms with Gasteiger partial charge in [0.2, 0.25) is 5.91 Å². The standard InChI is InChI=1S/C19H27N5O2/c1-26-11-9-20-18(25)19(23-17-6-3-2-4-7-17)8-5-10-24(15-19)14-16-12-21-22-13-16/h2-4,6-7,12-13,23H,5,8-11,14-15H2,1H3,(H,20,25)(H,21,22). The van der Waals surface area contributed by atoms with Crippen molar-refractivity contribution >= 4 is 11.6 Å². The molecule has 0 spiro atoms. The molecule has 1 amide bonds. The third-order valence-electron chi connectivity index (χ3n) is 4.72. The Morgan fingerprint density at radius 3 is 2.96 bits per heavy atom. The molecule has 1 aromatic carbocycles. The maximum absolute atomic E-state index is 13.1. The van der Waals surface area contributed by atoms with Gasteiger partial charge in [0.15, 0.2) is 0 Å². The molecule has 26 heavy (non-hydrogen) atoms. The molecule has 1 aliphatic heterocycles.